The second kappa shape index (κ2) is 3.33. The van der Waals surface area contributed by atoms with Gasteiger partial charge in [-0.3, -0.25) is 10.1 Å². The van der Waals surface area contributed by atoms with Gasteiger partial charge in [0.2, 0.25) is 6.20 Å². The van der Waals surface area contributed by atoms with Crippen molar-refractivity contribution in [1.82, 2.24) is 0 Å². The zero-order chi connectivity index (χ0) is 9.97. The zero-order valence-corrected chi connectivity index (χ0v) is 7.21. The molecule has 2 aromatic rings. The average Bonchev–Trinajstić information content (AvgIpc) is 2.61. The molecule has 0 unspecified atom stereocenters. The number of nitro groups is 1. The van der Waals surface area contributed by atoms with Crippen molar-refractivity contribution >= 4 is 17.0 Å². The highest BCUT2D eigenvalue weighted by molar-refractivity contribution is 5.79. The molecule has 0 amide bonds. The van der Waals surface area contributed by atoms with Crippen LogP contribution in [0.3, 0.4) is 0 Å². The fraction of sp³-hybridized carbons (Fsp3) is 0. The number of rotatable bonds is 2. The highest BCUT2D eigenvalue weighted by atomic mass is 16.6. The van der Waals surface area contributed by atoms with Gasteiger partial charge in [-0.25, -0.2) is 0 Å². The van der Waals surface area contributed by atoms with Gasteiger partial charge in [-0.1, -0.05) is 6.07 Å². The van der Waals surface area contributed by atoms with Crippen molar-refractivity contribution in [2.75, 3.05) is 0 Å². The average molecular weight is 189 g/mol. The van der Waals surface area contributed by atoms with E-state index in [1.54, 1.807) is 18.4 Å². The van der Waals surface area contributed by atoms with Crippen LogP contribution in [0.25, 0.3) is 17.0 Å². The maximum absolute atomic E-state index is 10.1. The molecule has 0 spiro atoms. The van der Waals surface area contributed by atoms with Gasteiger partial charge < -0.3 is 4.42 Å². The largest absolute Gasteiger partial charge is 0.464 e. The van der Waals surface area contributed by atoms with Crippen molar-refractivity contribution in [2.45, 2.75) is 0 Å². The van der Waals surface area contributed by atoms with E-state index in [0.29, 0.717) is 0 Å². The molecule has 0 fully saturated rings. The van der Waals surface area contributed by atoms with E-state index in [1.165, 1.54) is 6.08 Å². The molecule has 0 atom stereocenters. The molecule has 0 radical (unpaired) electrons. The molecule has 0 N–H and O–H groups in total. The molecule has 1 aromatic heterocycles. The number of nitrogens with zero attached hydrogens (tertiary/aromatic N) is 1. The second-order valence-electron chi connectivity index (χ2n) is 2.82. The Bertz CT molecular complexity index is 499. The molecule has 14 heavy (non-hydrogen) atoms. The first-order chi connectivity index (χ1) is 6.75. The first-order valence-corrected chi connectivity index (χ1v) is 4.05. The Morgan fingerprint density at radius 2 is 2.21 bits per heavy atom. The summed E-state index contributed by atoms with van der Waals surface area (Å²) in [6.07, 6.45) is 3.96. The van der Waals surface area contributed by atoms with Crippen molar-refractivity contribution in [2.24, 2.45) is 0 Å². The lowest BCUT2D eigenvalue weighted by atomic mass is 10.1. The molecule has 0 aliphatic heterocycles. The third-order valence-corrected chi connectivity index (χ3v) is 1.87. The predicted octanol–water partition coefficient (Wildman–Crippen LogP) is 2.68. The second-order valence-corrected chi connectivity index (χ2v) is 2.82. The Morgan fingerprint density at radius 1 is 1.36 bits per heavy atom. The van der Waals surface area contributed by atoms with E-state index in [9.17, 15) is 10.1 Å². The van der Waals surface area contributed by atoms with E-state index in [-0.39, 0.29) is 0 Å². The van der Waals surface area contributed by atoms with Crippen LogP contribution in [0.1, 0.15) is 5.56 Å². The van der Waals surface area contributed by atoms with Crippen molar-refractivity contribution in [3.63, 3.8) is 0 Å². The van der Waals surface area contributed by atoms with Gasteiger partial charge in [0.05, 0.1) is 11.2 Å². The van der Waals surface area contributed by atoms with Crippen LogP contribution in [0.5, 0.6) is 0 Å². The Morgan fingerprint density at radius 3 is 3.00 bits per heavy atom. The Hall–Kier alpha value is -2.10. The molecule has 2 rings (SSSR count). The molecule has 1 aromatic carbocycles. The van der Waals surface area contributed by atoms with Crippen LogP contribution in [0.2, 0.25) is 0 Å². The standard InChI is InChI=1S/C10H7NO3/c12-11(13)5-3-8-1-2-10-9(7-8)4-6-14-10/h1-7H/b5-3+. The van der Waals surface area contributed by atoms with Crippen LogP contribution in [-0.4, -0.2) is 4.92 Å². The van der Waals surface area contributed by atoms with Gasteiger partial charge in [0.1, 0.15) is 5.58 Å². The van der Waals surface area contributed by atoms with Crippen LogP contribution >= 0.6 is 0 Å². The molecule has 0 bridgehead atoms. The summed E-state index contributed by atoms with van der Waals surface area (Å²) in [5.41, 5.74) is 1.57. The first kappa shape index (κ1) is 8.50. The minimum Gasteiger partial charge on any atom is -0.464 e. The highest BCUT2D eigenvalue weighted by Gasteiger charge is 1.97. The number of furan rings is 1. The summed E-state index contributed by atoms with van der Waals surface area (Å²) >= 11 is 0. The van der Waals surface area contributed by atoms with E-state index >= 15 is 0 Å². The molecule has 0 saturated carbocycles. The number of hydrogen-bond acceptors (Lipinski definition) is 3. The normalized spacial score (nSPS) is 11.1. The maximum atomic E-state index is 10.1. The predicted molar refractivity (Wildman–Crippen MR) is 52.2 cm³/mol. The summed E-state index contributed by atoms with van der Waals surface area (Å²) in [6, 6.07) is 7.21. The molecule has 4 nitrogen and oxygen atoms in total. The Kier molecular flexibility index (Phi) is 2.02. The first-order valence-electron chi connectivity index (χ1n) is 4.05. The number of fused-ring (bicyclic) bond motifs is 1. The lowest BCUT2D eigenvalue weighted by Crippen LogP contribution is -1.82. The summed E-state index contributed by atoms with van der Waals surface area (Å²) in [6.45, 7) is 0. The fourth-order valence-electron chi connectivity index (χ4n) is 1.24. The lowest BCUT2D eigenvalue weighted by molar-refractivity contribution is -0.400. The van der Waals surface area contributed by atoms with E-state index in [0.717, 1.165) is 22.7 Å². The van der Waals surface area contributed by atoms with E-state index in [1.807, 2.05) is 12.1 Å². The zero-order valence-electron chi connectivity index (χ0n) is 7.21. The van der Waals surface area contributed by atoms with Gasteiger partial charge in [0, 0.05) is 11.5 Å². The van der Waals surface area contributed by atoms with Crippen molar-refractivity contribution in [3.05, 3.63) is 52.4 Å². The molecular weight excluding hydrogens is 182 g/mol. The van der Waals surface area contributed by atoms with E-state index in [4.69, 9.17) is 4.42 Å². The van der Waals surface area contributed by atoms with E-state index < -0.39 is 4.92 Å². The van der Waals surface area contributed by atoms with Crippen LogP contribution < -0.4 is 0 Å². The van der Waals surface area contributed by atoms with Crippen molar-refractivity contribution < 1.29 is 9.34 Å². The van der Waals surface area contributed by atoms with E-state index in [2.05, 4.69) is 0 Å². The third kappa shape index (κ3) is 1.64. The Balaban J connectivity index is 2.39. The van der Waals surface area contributed by atoms with Crippen LogP contribution in [0.15, 0.2) is 41.1 Å². The molecule has 70 valence electrons. The van der Waals surface area contributed by atoms with Gasteiger partial charge in [0.25, 0.3) is 0 Å². The minimum atomic E-state index is -0.487. The molecule has 0 saturated heterocycles. The summed E-state index contributed by atoms with van der Waals surface area (Å²) in [5.74, 6) is 0. The summed E-state index contributed by atoms with van der Waals surface area (Å²) < 4.78 is 5.14. The lowest BCUT2D eigenvalue weighted by Gasteiger charge is -1.91. The summed E-state index contributed by atoms with van der Waals surface area (Å²) in [4.78, 5) is 9.60. The quantitative estimate of drug-likeness (QED) is 0.539. The third-order valence-electron chi connectivity index (χ3n) is 1.87. The van der Waals surface area contributed by atoms with Crippen molar-refractivity contribution in [3.8, 4) is 0 Å². The summed E-state index contributed by atoms with van der Waals surface area (Å²) in [5, 5.41) is 11.0. The molecular formula is C10H7NO3. The molecule has 0 aliphatic carbocycles. The molecule has 0 aliphatic rings. The van der Waals surface area contributed by atoms with Gasteiger partial charge in [0.15, 0.2) is 0 Å². The van der Waals surface area contributed by atoms with Crippen LogP contribution in [0.4, 0.5) is 0 Å². The van der Waals surface area contributed by atoms with Crippen LogP contribution in [-0.2, 0) is 0 Å². The molecule has 1 heterocycles. The maximum Gasteiger partial charge on any atom is 0.235 e. The number of benzene rings is 1. The molecule has 4 heteroatoms. The summed E-state index contributed by atoms with van der Waals surface area (Å²) in [7, 11) is 0. The van der Waals surface area contributed by atoms with Gasteiger partial charge in [-0.05, 0) is 23.8 Å². The number of hydrogen-bond donors (Lipinski definition) is 0. The van der Waals surface area contributed by atoms with Crippen LogP contribution in [0, 0.1) is 10.1 Å². The smallest absolute Gasteiger partial charge is 0.235 e. The van der Waals surface area contributed by atoms with Gasteiger partial charge in [-0.2, -0.15) is 0 Å². The highest BCUT2D eigenvalue weighted by Crippen LogP contribution is 2.17. The topological polar surface area (TPSA) is 56.3 Å². The van der Waals surface area contributed by atoms with Gasteiger partial charge in [-0.15, -0.1) is 0 Å². The van der Waals surface area contributed by atoms with Crippen molar-refractivity contribution in [1.29, 1.82) is 0 Å². The fourth-order valence-corrected chi connectivity index (χ4v) is 1.24. The van der Waals surface area contributed by atoms with Gasteiger partial charge >= 0.3 is 0 Å². The SMILES string of the molecule is O=[N+]([O-])/C=C/c1ccc2occc2c1. The monoisotopic (exact) mass is 189 g/mol. The minimum absolute atomic E-state index is 0.487. The Labute approximate surface area is 79.6 Å².